The Labute approximate surface area is 187 Å². The first-order valence-electron chi connectivity index (χ1n) is 10.5. The van der Waals surface area contributed by atoms with Gasteiger partial charge >= 0.3 is 0 Å². The van der Waals surface area contributed by atoms with E-state index in [1.807, 2.05) is 69.6 Å². The lowest BCUT2D eigenvalue weighted by Crippen LogP contribution is -2.16. The number of ether oxygens (including phenoxy) is 1. The number of carbonyl (C=O) groups excluding carboxylic acids is 1. The Balaban J connectivity index is 1.48. The molecule has 5 nitrogen and oxygen atoms in total. The molecule has 5 heteroatoms. The minimum Gasteiger partial charge on any atom is -0.508 e. The fraction of sp³-hybridized carbons (Fsp3) is 0.185. The number of phenols is 1. The monoisotopic (exact) mass is 426 g/mol. The van der Waals surface area contributed by atoms with Crippen molar-refractivity contribution >= 4 is 22.4 Å². The van der Waals surface area contributed by atoms with Gasteiger partial charge in [0.25, 0.3) is 5.91 Å². The van der Waals surface area contributed by atoms with Crippen molar-refractivity contribution in [1.29, 1.82) is 0 Å². The third-order valence-corrected chi connectivity index (χ3v) is 5.30. The second-order valence-corrected chi connectivity index (χ2v) is 8.77. The predicted molar refractivity (Wildman–Crippen MR) is 127 cm³/mol. The summed E-state index contributed by atoms with van der Waals surface area (Å²) < 4.78 is 5.98. The van der Waals surface area contributed by atoms with Crippen molar-refractivity contribution in [3.05, 3.63) is 95.8 Å². The van der Waals surface area contributed by atoms with Gasteiger partial charge in [-0.2, -0.15) is 0 Å². The lowest BCUT2D eigenvalue weighted by Gasteiger charge is -2.21. The zero-order valence-electron chi connectivity index (χ0n) is 18.4. The summed E-state index contributed by atoms with van der Waals surface area (Å²) in [7, 11) is 0. The number of rotatable bonds is 5. The molecule has 1 amide bonds. The summed E-state index contributed by atoms with van der Waals surface area (Å²) in [5.74, 6) is 0.593. The molecule has 162 valence electrons. The van der Waals surface area contributed by atoms with E-state index in [1.54, 1.807) is 24.3 Å². The molecule has 0 spiro atoms. The number of anilines is 1. The molecule has 0 aliphatic carbocycles. The largest absolute Gasteiger partial charge is 0.508 e. The van der Waals surface area contributed by atoms with E-state index in [0.29, 0.717) is 23.6 Å². The summed E-state index contributed by atoms with van der Waals surface area (Å²) in [5.41, 5.74) is 2.57. The maximum atomic E-state index is 12.8. The fourth-order valence-electron chi connectivity index (χ4n) is 3.60. The number of phenolic OH excluding ortho intramolecular Hbond substituents is 1. The normalized spacial score (nSPS) is 11.3. The van der Waals surface area contributed by atoms with Crippen molar-refractivity contribution in [2.24, 2.45) is 0 Å². The first-order chi connectivity index (χ1) is 15.3. The molecule has 0 radical (unpaired) electrons. The van der Waals surface area contributed by atoms with Gasteiger partial charge in [0, 0.05) is 46.2 Å². The number of fused-ring (bicyclic) bond motifs is 1. The highest BCUT2D eigenvalue weighted by Gasteiger charge is 2.20. The van der Waals surface area contributed by atoms with Crippen LogP contribution in [-0.2, 0) is 12.0 Å². The molecule has 0 saturated heterocycles. The fourth-order valence-corrected chi connectivity index (χ4v) is 3.60. The molecule has 0 aliphatic rings. The number of nitrogens with zero attached hydrogens (tertiary/aromatic N) is 1. The van der Waals surface area contributed by atoms with Crippen LogP contribution in [0.3, 0.4) is 0 Å². The predicted octanol–water partition coefficient (Wildman–Crippen LogP) is 6.07. The molecule has 1 aromatic heterocycles. The van der Waals surface area contributed by atoms with Gasteiger partial charge in [-0.3, -0.25) is 9.78 Å². The van der Waals surface area contributed by atoms with Gasteiger partial charge in [-0.15, -0.1) is 0 Å². The van der Waals surface area contributed by atoms with Gasteiger partial charge in [0.2, 0.25) is 0 Å². The molecule has 0 saturated carbocycles. The van der Waals surface area contributed by atoms with E-state index in [9.17, 15) is 9.90 Å². The van der Waals surface area contributed by atoms with Gasteiger partial charge in [-0.1, -0.05) is 51.1 Å². The summed E-state index contributed by atoms with van der Waals surface area (Å²) in [4.78, 5) is 17.1. The summed E-state index contributed by atoms with van der Waals surface area (Å²) in [6.07, 6.45) is 3.65. The minimum atomic E-state index is -0.273. The van der Waals surface area contributed by atoms with Crippen molar-refractivity contribution in [1.82, 2.24) is 4.98 Å². The standard InChI is InChI=1S/C27H26N2O3/c1-27(2,3)24-13-18(11-12-25(24)30)26(31)29-21-8-6-9-22(14-21)32-17-20-16-28-15-19-7-4-5-10-23(19)20/h4-16,30H,17H2,1-3H3,(H,29,31). The highest BCUT2D eigenvalue weighted by Crippen LogP contribution is 2.31. The Bertz CT molecular complexity index is 1270. The van der Waals surface area contributed by atoms with Crippen LogP contribution in [0.2, 0.25) is 0 Å². The van der Waals surface area contributed by atoms with Gasteiger partial charge < -0.3 is 15.2 Å². The van der Waals surface area contributed by atoms with Crippen molar-refractivity contribution in [3.63, 3.8) is 0 Å². The quantitative estimate of drug-likeness (QED) is 0.406. The molecule has 0 aliphatic heterocycles. The van der Waals surface area contributed by atoms with Gasteiger partial charge in [0.1, 0.15) is 18.1 Å². The van der Waals surface area contributed by atoms with Crippen molar-refractivity contribution < 1.29 is 14.6 Å². The van der Waals surface area contributed by atoms with E-state index >= 15 is 0 Å². The third-order valence-electron chi connectivity index (χ3n) is 5.30. The molecule has 0 atom stereocenters. The Morgan fingerprint density at radius 3 is 2.62 bits per heavy atom. The summed E-state index contributed by atoms with van der Waals surface area (Å²) in [5, 5.41) is 15.2. The second kappa shape index (κ2) is 8.71. The maximum Gasteiger partial charge on any atom is 0.255 e. The first-order valence-corrected chi connectivity index (χ1v) is 10.5. The smallest absolute Gasteiger partial charge is 0.255 e. The van der Waals surface area contributed by atoms with Crippen LogP contribution in [0.5, 0.6) is 11.5 Å². The number of pyridine rings is 1. The Morgan fingerprint density at radius 1 is 1.00 bits per heavy atom. The molecular formula is C27H26N2O3. The SMILES string of the molecule is CC(C)(C)c1cc(C(=O)Nc2cccc(OCc3cncc4ccccc34)c2)ccc1O. The summed E-state index contributed by atoms with van der Waals surface area (Å²) in [6.45, 7) is 6.36. The zero-order chi connectivity index (χ0) is 22.7. The molecule has 0 bridgehead atoms. The van der Waals surface area contributed by atoms with E-state index in [-0.39, 0.29) is 17.1 Å². The van der Waals surface area contributed by atoms with E-state index < -0.39 is 0 Å². The van der Waals surface area contributed by atoms with Gasteiger partial charge in [0.15, 0.2) is 0 Å². The average Bonchev–Trinajstić information content (AvgIpc) is 2.77. The van der Waals surface area contributed by atoms with E-state index in [1.165, 1.54) is 0 Å². The second-order valence-electron chi connectivity index (χ2n) is 8.77. The topological polar surface area (TPSA) is 71.5 Å². The van der Waals surface area contributed by atoms with Gasteiger partial charge in [-0.05, 0) is 41.1 Å². The average molecular weight is 427 g/mol. The molecule has 3 aromatic carbocycles. The van der Waals surface area contributed by atoms with Crippen LogP contribution < -0.4 is 10.1 Å². The highest BCUT2D eigenvalue weighted by molar-refractivity contribution is 6.04. The zero-order valence-corrected chi connectivity index (χ0v) is 18.4. The van der Waals surface area contributed by atoms with Crippen molar-refractivity contribution in [2.45, 2.75) is 32.8 Å². The third kappa shape index (κ3) is 4.72. The molecule has 4 aromatic rings. The number of aromatic hydroxyl groups is 1. The van der Waals surface area contributed by atoms with E-state index in [0.717, 1.165) is 21.9 Å². The van der Waals surface area contributed by atoms with Crippen molar-refractivity contribution in [2.75, 3.05) is 5.32 Å². The van der Waals surface area contributed by atoms with E-state index in [2.05, 4.69) is 16.4 Å². The van der Waals surface area contributed by atoms with Crippen LogP contribution in [0, 0.1) is 0 Å². The molecule has 32 heavy (non-hydrogen) atoms. The highest BCUT2D eigenvalue weighted by atomic mass is 16.5. The Hall–Kier alpha value is -3.86. The number of aromatic nitrogens is 1. The number of nitrogens with one attached hydrogen (secondary N) is 1. The van der Waals surface area contributed by atoms with Crippen LogP contribution in [0.25, 0.3) is 10.8 Å². The molecular weight excluding hydrogens is 400 g/mol. The molecule has 1 heterocycles. The summed E-state index contributed by atoms with van der Waals surface area (Å²) >= 11 is 0. The van der Waals surface area contributed by atoms with E-state index in [4.69, 9.17) is 4.74 Å². The van der Waals surface area contributed by atoms with Crippen LogP contribution in [0.1, 0.15) is 42.3 Å². The minimum absolute atomic E-state index is 0.187. The molecule has 4 rings (SSSR count). The summed E-state index contributed by atoms with van der Waals surface area (Å²) in [6, 6.07) is 20.3. The number of carbonyl (C=O) groups is 1. The van der Waals surface area contributed by atoms with Gasteiger partial charge in [-0.25, -0.2) is 0 Å². The number of benzene rings is 3. The van der Waals surface area contributed by atoms with Gasteiger partial charge in [0.05, 0.1) is 0 Å². The van der Waals surface area contributed by atoms with Crippen molar-refractivity contribution in [3.8, 4) is 11.5 Å². The first kappa shape index (κ1) is 21.4. The lowest BCUT2D eigenvalue weighted by molar-refractivity contribution is 0.102. The molecule has 0 fully saturated rings. The number of amides is 1. The van der Waals surface area contributed by atoms with Crippen LogP contribution in [0.4, 0.5) is 5.69 Å². The molecule has 2 N–H and O–H groups in total. The number of hydrogen-bond donors (Lipinski definition) is 2. The van der Waals surface area contributed by atoms with Crippen LogP contribution >= 0.6 is 0 Å². The lowest BCUT2D eigenvalue weighted by atomic mass is 9.85. The molecule has 0 unspecified atom stereocenters. The van der Waals surface area contributed by atoms with Crippen LogP contribution in [-0.4, -0.2) is 16.0 Å². The Kier molecular flexibility index (Phi) is 5.82. The maximum absolute atomic E-state index is 12.8. The number of hydrogen-bond acceptors (Lipinski definition) is 4. The Morgan fingerprint density at radius 2 is 1.81 bits per heavy atom. The van der Waals surface area contributed by atoms with Crippen LogP contribution in [0.15, 0.2) is 79.1 Å².